The van der Waals surface area contributed by atoms with Gasteiger partial charge in [0.25, 0.3) is 11.2 Å². The molecule has 9 nitrogen and oxygen atoms in total. The van der Waals surface area contributed by atoms with Gasteiger partial charge in [0.2, 0.25) is 0 Å². The minimum absolute atomic E-state index is 0.0000967. The zero-order chi connectivity index (χ0) is 30.8. The van der Waals surface area contributed by atoms with Gasteiger partial charge in [-0.05, 0) is 107 Å². The van der Waals surface area contributed by atoms with E-state index in [2.05, 4.69) is 50.2 Å². The van der Waals surface area contributed by atoms with Crippen LogP contribution in [-0.2, 0) is 16.1 Å². The first-order chi connectivity index (χ1) is 20.6. The van der Waals surface area contributed by atoms with Gasteiger partial charge in [-0.2, -0.15) is 0 Å². The van der Waals surface area contributed by atoms with Crippen LogP contribution in [0.5, 0.6) is 5.75 Å². The number of carbonyl (C=O) groups excluding carboxylic acids is 1. The van der Waals surface area contributed by atoms with E-state index in [9.17, 15) is 19.7 Å². The fourth-order valence-electron chi connectivity index (χ4n) is 4.63. The van der Waals surface area contributed by atoms with Gasteiger partial charge in [-0.3, -0.25) is 19.5 Å². The molecule has 4 aromatic rings. The number of benzene rings is 3. The Balaban J connectivity index is 1.62. The van der Waals surface area contributed by atoms with Gasteiger partial charge in [-0.25, -0.2) is 9.79 Å². The van der Waals surface area contributed by atoms with E-state index in [1.54, 1.807) is 56.3 Å². The highest BCUT2D eigenvalue weighted by molar-refractivity contribution is 14.1. The molecule has 1 aromatic heterocycles. The number of hydrogen-bond donors (Lipinski definition) is 0. The molecule has 0 unspecified atom stereocenters. The molecule has 0 amide bonds. The van der Waals surface area contributed by atoms with E-state index < -0.39 is 16.9 Å². The van der Waals surface area contributed by atoms with Crippen LogP contribution in [0.15, 0.2) is 81.7 Å². The summed E-state index contributed by atoms with van der Waals surface area (Å²) in [4.78, 5) is 42.8. The lowest BCUT2D eigenvalue weighted by Gasteiger charge is -2.25. The zero-order valence-corrected chi connectivity index (χ0v) is 28.6. The molecule has 5 rings (SSSR count). The van der Waals surface area contributed by atoms with Crippen LogP contribution in [0.25, 0.3) is 6.08 Å². The number of nitrogens with zero attached hydrogens (tertiary/aromatic N) is 3. The lowest BCUT2D eigenvalue weighted by atomic mass is 9.96. The Morgan fingerprint density at radius 3 is 2.58 bits per heavy atom. The van der Waals surface area contributed by atoms with Gasteiger partial charge in [-0.1, -0.05) is 41.1 Å². The molecule has 1 atom stereocenters. The van der Waals surface area contributed by atoms with Crippen molar-refractivity contribution in [2.24, 2.45) is 4.99 Å². The number of halogens is 3. The normalized spacial score (nSPS) is 14.7. The lowest BCUT2D eigenvalue weighted by Crippen LogP contribution is -2.40. The molecule has 0 bridgehead atoms. The Bertz CT molecular complexity index is 1970. The molecule has 1 aliphatic rings. The number of ether oxygens (including phenoxy) is 2. The van der Waals surface area contributed by atoms with E-state index in [4.69, 9.17) is 21.1 Å². The van der Waals surface area contributed by atoms with Gasteiger partial charge in [0.15, 0.2) is 4.80 Å². The van der Waals surface area contributed by atoms with Crippen LogP contribution in [0.4, 0.5) is 5.69 Å². The van der Waals surface area contributed by atoms with Gasteiger partial charge in [0.1, 0.15) is 18.4 Å². The SMILES string of the molecule is CCOC(=O)C1=C(C)N=c2s/c(=C\c3cc(I)cc(I)c3OCc3ccc([N+](=O)[O-])cc3)c(=O)n2[C@@H]1c1ccccc1Cl. The number of nitro groups is 1. The largest absolute Gasteiger partial charge is 0.487 e. The standard InChI is InChI=1S/C30H22ClI2N3O6S/c1-3-41-29(38)25-16(2)34-30-35(26(25)21-6-4-5-7-22(21)31)28(37)24(43-30)13-18-12-19(32)14-23(33)27(18)42-15-17-8-10-20(11-9-17)36(39)40/h4-14,26H,3,15H2,1-2H3/b24-13-/t26-/m1/s1. The predicted molar refractivity (Wildman–Crippen MR) is 181 cm³/mol. The van der Waals surface area contributed by atoms with Crippen molar-refractivity contribution in [3.8, 4) is 5.75 Å². The lowest BCUT2D eigenvalue weighted by molar-refractivity contribution is -0.384. The minimum Gasteiger partial charge on any atom is -0.487 e. The summed E-state index contributed by atoms with van der Waals surface area (Å²) >= 11 is 12.2. The van der Waals surface area contributed by atoms with Crippen LogP contribution in [0.1, 0.15) is 36.6 Å². The second-order valence-corrected chi connectivity index (χ2v) is 13.2. The summed E-state index contributed by atoms with van der Waals surface area (Å²) in [5.74, 6) is 0.00768. The van der Waals surface area contributed by atoms with Gasteiger partial charge < -0.3 is 9.47 Å². The summed E-state index contributed by atoms with van der Waals surface area (Å²) in [6.45, 7) is 3.78. The third-order valence-electron chi connectivity index (χ3n) is 6.57. The highest BCUT2D eigenvalue weighted by atomic mass is 127. The van der Waals surface area contributed by atoms with E-state index in [1.165, 1.54) is 28.0 Å². The molecule has 0 aliphatic carbocycles. The van der Waals surface area contributed by atoms with E-state index in [0.717, 1.165) is 12.7 Å². The molecular weight excluding hydrogens is 820 g/mol. The highest BCUT2D eigenvalue weighted by Gasteiger charge is 2.34. The predicted octanol–water partition coefficient (Wildman–Crippen LogP) is 6.15. The molecule has 0 N–H and O–H groups in total. The Kier molecular flexibility index (Phi) is 9.68. The fourth-order valence-corrected chi connectivity index (χ4v) is 7.95. The number of carbonyl (C=O) groups is 1. The van der Waals surface area contributed by atoms with Crippen molar-refractivity contribution in [3.63, 3.8) is 0 Å². The second-order valence-electron chi connectivity index (χ2n) is 9.34. The summed E-state index contributed by atoms with van der Waals surface area (Å²) in [6, 6.07) is 16.3. The van der Waals surface area contributed by atoms with Gasteiger partial charge in [-0.15, -0.1) is 0 Å². The number of allylic oxidation sites excluding steroid dienone is 1. The zero-order valence-electron chi connectivity index (χ0n) is 22.7. The van der Waals surface area contributed by atoms with Crippen LogP contribution in [0.2, 0.25) is 5.02 Å². The first-order valence-corrected chi connectivity index (χ1v) is 16.2. The first kappa shape index (κ1) is 31.3. The molecular formula is C30H22ClI2N3O6S. The number of thiazole rings is 1. The molecule has 3 aromatic carbocycles. The summed E-state index contributed by atoms with van der Waals surface area (Å²) < 4.78 is 15.2. The van der Waals surface area contributed by atoms with Crippen LogP contribution in [-0.4, -0.2) is 22.1 Å². The summed E-state index contributed by atoms with van der Waals surface area (Å²) in [5.41, 5.74) is 2.39. The molecule has 43 heavy (non-hydrogen) atoms. The number of fused-ring (bicyclic) bond motifs is 1. The maximum atomic E-state index is 14.1. The van der Waals surface area contributed by atoms with Gasteiger partial charge in [0.05, 0.1) is 30.9 Å². The van der Waals surface area contributed by atoms with Crippen molar-refractivity contribution >= 4 is 85.9 Å². The molecule has 220 valence electrons. The maximum Gasteiger partial charge on any atom is 0.338 e. The highest BCUT2D eigenvalue weighted by Crippen LogP contribution is 2.35. The van der Waals surface area contributed by atoms with Crippen molar-refractivity contribution in [3.05, 3.63) is 131 Å². The molecule has 13 heteroatoms. The van der Waals surface area contributed by atoms with Crippen molar-refractivity contribution in [1.82, 2.24) is 4.57 Å². The average Bonchev–Trinajstić information content (AvgIpc) is 3.26. The van der Waals surface area contributed by atoms with Crippen LogP contribution < -0.4 is 19.6 Å². The second kappa shape index (κ2) is 13.3. The van der Waals surface area contributed by atoms with Gasteiger partial charge in [0, 0.05) is 26.3 Å². The fraction of sp³-hybridized carbons (Fsp3) is 0.167. The molecule has 0 fully saturated rings. The Morgan fingerprint density at radius 2 is 1.91 bits per heavy atom. The van der Waals surface area contributed by atoms with Crippen LogP contribution >= 0.6 is 68.1 Å². The quantitative estimate of drug-likeness (QED) is 0.0912. The number of aromatic nitrogens is 1. The Hall–Kier alpha value is -3.08. The van der Waals surface area contributed by atoms with Crippen molar-refractivity contribution in [2.45, 2.75) is 26.5 Å². The molecule has 0 radical (unpaired) electrons. The van der Waals surface area contributed by atoms with Crippen molar-refractivity contribution < 1.29 is 19.2 Å². The molecule has 2 heterocycles. The maximum absolute atomic E-state index is 14.1. The first-order valence-electron chi connectivity index (χ1n) is 12.9. The third-order valence-corrected chi connectivity index (χ3v) is 9.32. The monoisotopic (exact) mass is 841 g/mol. The minimum atomic E-state index is -0.819. The van der Waals surface area contributed by atoms with E-state index in [0.29, 0.717) is 36.9 Å². The number of rotatable bonds is 8. The summed E-state index contributed by atoms with van der Waals surface area (Å²) in [7, 11) is 0. The number of nitro benzene ring substituents is 1. The van der Waals surface area contributed by atoms with E-state index >= 15 is 0 Å². The average molecular weight is 842 g/mol. The van der Waals surface area contributed by atoms with Crippen LogP contribution in [0, 0.1) is 17.3 Å². The molecule has 1 aliphatic heterocycles. The van der Waals surface area contributed by atoms with Crippen LogP contribution in [0.3, 0.4) is 0 Å². The summed E-state index contributed by atoms with van der Waals surface area (Å²) in [5, 5.41) is 11.4. The molecule has 0 saturated heterocycles. The smallest absolute Gasteiger partial charge is 0.338 e. The Morgan fingerprint density at radius 1 is 1.19 bits per heavy atom. The Labute approximate surface area is 281 Å². The third kappa shape index (κ3) is 6.56. The van der Waals surface area contributed by atoms with E-state index in [1.807, 2.05) is 12.1 Å². The van der Waals surface area contributed by atoms with Crippen molar-refractivity contribution in [2.75, 3.05) is 6.61 Å². The number of esters is 1. The topological polar surface area (TPSA) is 113 Å². The summed E-state index contributed by atoms with van der Waals surface area (Å²) in [6.07, 6.45) is 1.76. The van der Waals surface area contributed by atoms with Crippen molar-refractivity contribution in [1.29, 1.82) is 0 Å². The number of hydrogen-bond acceptors (Lipinski definition) is 8. The molecule has 0 saturated carbocycles. The molecule has 0 spiro atoms. The number of non-ortho nitro benzene ring substituents is 1. The van der Waals surface area contributed by atoms with E-state index in [-0.39, 0.29) is 30.0 Å². The van der Waals surface area contributed by atoms with Gasteiger partial charge >= 0.3 is 5.97 Å².